The normalized spacial score (nSPS) is 14.2. The first kappa shape index (κ1) is 13.9. The summed E-state index contributed by atoms with van der Waals surface area (Å²) in [6, 6.07) is -0.551. The van der Waals surface area contributed by atoms with E-state index in [1.54, 1.807) is 7.05 Å². The van der Waals surface area contributed by atoms with E-state index in [0.717, 1.165) is 6.42 Å². The number of ether oxygens (including phenoxy) is 1. The Morgan fingerprint density at radius 3 is 2.40 bits per heavy atom. The number of likely N-dealkylation sites (N-methyl/N-ethyl adjacent to an activating group) is 1. The molecule has 5 nitrogen and oxygen atoms in total. The summed E-state index contributed by atoms with van der Waals surface area (Å²) in [5.74, 6) is -0.561. The molecule has 0 aliphatic carbocycles. The predicted molar refractivity (Wildman–Crippen MR) is 57.1 cm³/mol. The van der Waals surface area contributed by atoms with Gasteiger partial charge in [0.05, 0.1) is 13.2 Å². The molecule has 0 spiro atoms. The summed E-state index contributed by atoms with van der Waals surface area (Å²) in [6.45, 7) is 3.83. The lowest BCUT2D eigenvalue weighted by Gasteiger charge is -2.23. The Hall–Kier alpha value is -1.10. The van der Waals surface area contributed by atoms with Crippen molar-refractivity contribution < 1.29 is 14.3 Å². The number of rotatable bonds is 5. The molecule has 2 N–H and O–H groups in total. The number of esters is 1. The molecular weight excluding hydrogens is 196 g/mol. The molecule has 1 amide bonds. The highest BCUT2D eigenvalue weighted by atomic mass is 16.5. The zero-order valence-corrected chi connectivity index (χ0v) is 9.82. The highest BCUT2D eigenvalue weighted by Crippen LogP contribution is 2.07. The molecule has 0 bridgehead atoms. The van der Waals surface area contributed by atoms with Crippen molar-refractivity contribution in [3.8, 4) is 0 Å². The van der Waals surface area contributed by atoms with Crippen LogP contribution in [-0.4, -0.2) is 43.5 Å². The number of nitrogens with zero attached hydrogens (tertiary/aromatic N) is 1. The smallest absolute Gasteiger partial charge is 0.325 e. The Balaban J connectivity index is 4.25. The van der Waals surface area contributed by atoms with E-state index in [2.05, 4.69) is 4.74 Å². The molecule has 0 heterocycles. The second-order valence-electron chi connectivity index (χ2n) is 3.68. The topological polar surface area (TPSA) is 72.6 Å². The third kappa shape index (κ3) is 4.29. The zero-order chi connectivity index (χ0) is 12.0. The summed E-state index contributed by atoms with van der Waals surface area (Å²) in [5.41, 5.74) is 5.75. The lowest BCUT2D eigenvalue weighted by molar-refractivity contribution is -0.146. The first-order valence-corrected chi connectivity index (χ1v) is 5.01. The van der Waals surface area contributed by atoms with Crippen LogP contribution in [0, 0.1) is 5.92 Å². The van der Waals surface area contributed by atoms with Gasteiger partial charge in [0, 0.05) is 7.05 Å². The van der Waals surface area contributed by atoms with Gasteiger partial charge in [0.25, 0.3) is 0 Å². The molecule has 0 saturated carbocycles. The highest BCUT2D eigenvalue weighted by Gasteiger charge is 2.23. The van der Waals surface area contributed by atoms with E-state index in [4.69, 9.17) is 5.73 Å². The lowest BCUT2D eigenvalue weighted by Crippen LogP contribution is -2.47. The van der Waals surface area contributed by atoms with Gasteiger partial charge < -0.3 is 15.4 Å². The summed E-state index contributed by atoms with van der Waals surface area (Å²) < 4.78 is 4.46. The van der Waals surface area contributed by atoms with Crippen LogP contribution in [0.5, 0.6) is 0 Å². The second kappa shape index (κ2) is 6.40. The monoisotopic (exact) mass is 216 g/mol. The number of amides is 1. The number of hydrogen-bond acceptors (Lipinski definition) is 4. The Morgan fingerprint density at radius 1 is 1.47 bits per heavy atom. The Morgan fingerprint density at radius 2 is 2.00 bits per heavy atom. The maximum absolute atomic E-state index is 11.7. The summed E-state index contributed by atoms with van der Waals surface area (Å²) in [4.78, 5) is 23.9. The van der Waals surface area contributed by atoms with Crippen molar-refractivity contribution in [3.05, 3.63) is 0 Å². The molecule has 0 aromatic rings. The van der Waals surface area contributed by atoms with E-state index in [1.807, 2.05) is 13.8 Å². The molecule has 0 fully saturated rings. The minimum atomic E-state index is -0.551. The first-order valence-electron chi connectivity index (χ1n) is 5.01. The molecule has 5 heteroatoms. The summed E-state index contributed by atoms with van der Waals surface area (Å²) in [5, 5.41) is 0. The standard InChI is InChI=1S/C10H20N2O3/c1-5-7(2)9(11)10(14)12(3)6-8(13)15-4/h7,9H,5-6,11H2,1-4H3/t7?,9-/m0/s1. The van der Waals surface area contributed by atoms with Crippen LogP contribution in [0.2, 0.25) is 0 Å². The van der Waals surface area contributed by atoms with Gasteiger partial charge in [0.1, 0.15) is 6.54 Å². The number of carbonyl (C=O) groups excluding carboxylic acids is 2. The summed E-state index contributed by atoms with van der Waals surface area (Å²) in [6.07, 6.45) is 0.832. The van der Waals surface area contributed by atoms with Crippen molar-refractivity contribution in [2.75, 3.05) is 20.7 Å². The molecule has 0 aliphatic rings. The number of methoxy groups -OCH3 is 1. The lowest BCUT2D eigenvalue weighted by atomic mass is 9.99. The van der Waals surface area contributed by atoms with Gasteiger partial charge in [-0.3, -0.25) is 9.59 Å². The van der Waals surface area contributed by atoms with Crippen LogP contribution in [0.25, 0.3) is 0 Å². The average Bonchev–Trinajstić information content (AvgIpc) is 2.25. The van der Waals surface area contributed by atoms with Gasteiger partial charge in [-0.2, -0.15) is 0 Å². The summed E-state index contributed by atoms with van der Waals surface area (Å²) >= 11 is 0. The minimum Gasteiger partial charge on any atom is -0.468 e. The van der Waals surface area contributed by atoms with Gasteiger partial charge in [0.2, 0.25) is 5.91 Å². The SMILES string of the molecule is CCC(C)[C@H](N)C(=O)N(C)CC(=O)OC. The molecule has 0 radical (unpaired) electrons. The predicted octanol–water partition coefficient (Wildman–Crippen LogP) is -0.00880. The van der Waals surface area contributed by atoms with Crippen molar-refractivity contribution in [2.45, 2.75) is 26.3 Å². The molecule has 1 unspecified atom stereocenters. The fourth-order valence-corrected chi connectivity index (χ4v) is 1.09. The van der Waals surface area contributed by atoms with Gasteiger partial charge >= 0.3 is 5.97 Å². The molecule has 2 atom stereocenters. The molecular formula is C10H20N2O3. The number of nitrogens with two attached hydrogens (primary N) is 1. The molecule has 15 heavy (non-hydrogen) atoms. The van der Waals surface area contributed by atoms with Crippen LogP contribution in [0.1, 0.15) is 20.3 Å². The Kier molecular flexibility index (Phi) is 5.93. The molecule has 88 valence electrons. The largest absolute Gasteiger partial charge is 0.468 e. The quantitative estimate of drug-likeness (QED) is 0.656. The van der Waals surface area contributed by atoms with Crippen molar-refractivity contribution in [1.29, 1.82) is 0 Å². The fourth-order valence-electron chi connectivity index (χ4n) is 1.09. The van der Waals surface area contributed by atoms with Crippen molar-refractivity contribution in [3.63, 3.8) is 0 Å². The zero-order valence-electron chi connectivity index (χ0n) is 9.82. The van der Waals surface area contributed by atoms with E-state index in [0.29, 0.717) is 0 Å². The highest BCUT2D eigenvalue weighted by molar-refractivity contribution is 5.85. The Labute approximate surface area is 90.6 Å². The van der Waals surface area contributed by atoms with E-state index in [1.165, 1.54) is 12.0 Å². The van der Waals surface area contributed by atoms with Gasteiger partial charge in [-0.15, -0.1) is 0 Å². The van der Waals surface area contributed by atoms with Gasteiger partial charge in [-0.1, -0.05) is 20.3 Å². The molecule has 0 saturated heterocycles. The number of carbonyl (C=O) groups is 2. The first-order chi connectivity index (χ1) is 6.93. The third-order valence-electron chi connectivity index (χ3n) is 2.51. The van der Waals surface area contributed by atoms with Crippen molar-refractivity contribution >= 4 is 11.9 Å². The van der Waals surface area contributed by atoms with E-state index < -0.39 is 12.0 Å². The van der Waals surface area contributed by atoms with Crippen molar-refractivity contribution in [1.82, 2.24) is 4.90 Å². The van der Waals surface area contributed by atoms with Gasteiger partial charge in [-0.05, 0) is 5.92 Å². The second-order valence-corrected chi connectivity index (χ2v) is 3.68. The minimum absolute atomic E-state index is 0.0561. The Bertz CT molecular complexity index is 231. The van der Waals surface area contributed by atoms with Crippen LogP contribution < -0.4 is 5.73 Å². The maximum Gasteiger partial charge on any atom is 0.325 e. The molecule has 0 aromatic carbocycles. The van der Waals surface area contributed by atoms with E-state index >= 15 is 0 Å². The van der Waals surface area contributed by atoms with Gasteiger partial charge in [-0.25, -0.2) is 0 Å². The van der Waals surface area contributed by atoms with E-state index in [9.17, 15) is 9.59 Å². The van der Waals surface area contributed by atoms with E-state index in [-0.39, 0.29) is 18.4 Å². The van der Waals surface area contributed by atoms with Crippen LogP contribution in [0.4, 0.5) is 0 Å². The molecule has 0 aromatic heterocycles. The molecule has 0 aliphatic heterocycles. The van der Waals surface area contributed by atoms with Gasteiger partial charge in [0.15, 0.2) is 0 Å². The van der Waals surface area contributed by atoms with Crippen LogP contribution in [0.15, 0.2) is 0 Å². The van der Waals surface area contributed by atoms with Crippen molar-refractivity contribution in [2.24, 2.45) is 11.7 Å². The number of hydrogen-bond donors (Lipinski definition) is 1. The van der Waals surface area contributed by atoms with Crippen LogP contribution in [0.3, 0.4) is 0 Å². The average molecular weight is 216 g/mol. The third-order valence-corrected chi connectivity index (χ3v) is 2.51. The summed E-state index contributed by atoms with van der Waals surface area (Å²) in [7, 11) is 2.83. The molecule has 0 rings (SSSR count). The van der Waals surface area contributed by atoms with Crippen LogP contribution in [-0.2, 0) is 14.3 Å². The fraction of sp³-hybridized carbons (Fsp3) is 0.800. The maximum atomic E-state index is 11.7. The van der Waals surface area contributed by atoms with Crippen LogP contribution >= 0.6 is 0 Å².